The Morgan fingerprint density at radius 1 is 1.06 bits per heavy atom. The van der Waals surface area contributed by atoms with Crippen LogP contribution in [0.1, 0.15) is 79.6 Å². The van der Waals surface area contributed by atoms with E-state index in [4.69, 9.17) is 10.5 Å². The van der Waals surface area contributed by atoms with Crippen LogP contribution in [0.15, 0.2) is 23.3 Å². The van der Waals surface area contributed by atoms with Gasteiger partial charge in [0.2, 0.25) is 0 Å². The van der Waals surface area contributed by atoms with Gasteiger partial charge in [-0.2, -0.15) is 5.26 Å². The van der Waals surface area contributed by atoms with E-state index in [9.17, 15) is 19.6 Å². The Kier molecular flexibility index (Phi) is 5.38. The Labute approximate surface area is 214 Å². The van der Waals surface area contributed by atoms with Crippen LogP contribution in [0.3, 0.4) is 0 Å². The molecule has 194 valence electrons. The van der Waals surface area contributed by atoms with Crippen LogP contribution in [0.2, 0.25) is 0 Å². The van der Waals surface area contributed by atoms with Gasteiger partial charge in [-0.25, -0.2) is 0 Å². The molecule has 0 aromatic carbocycles. The van der Waals surface area contributed by atoms with Gasteiger partial charge in [0.05, 0.1) is 23.6 Å². The molecule has 5 aliphatic carbocycles. The third-order valence-corrected chi connectivity index (χ3v) is 11.4. The molecular weight excluding hydrogens is 452 g/mol. The largest absolute Gasteiger partial charge is 0.469 e. The highest BCUT2D eigenvalue weighted by atomic mass is 16.5. The highest BCUT2D eigenvalue weighted by Gasteiger charge is 2.67. The second kappa shape index (κ2) is 7.63. The van der Waals surface area contributed by atoms with Gasteiger partial charge in [0.25, 0.3) is 0 Å². The van der Waals surface area contributed by atoms with Crippen molar-refractivity contribution in [3.8, 4) is 6.07 Å². The maximum absolute atomic E-state index is 14.1. The molecule has 0 bridgehead atoms. The zero-order chi connectivity index (χ0) is 26.5. The molecule has 3 saturated carbocycles. The predicted octanol–water partition coefficient (Wildman–Crippen LogP) is 4.68. The Morgan fingerprint density at radius 3 is 2.39 bits per heavy atom. The molecule has 5 aliphatic rings. The van der Waals surface area contributed by atoms with Gasteiger partial charge in [-0.3, -0.25) is 14.4 Å². The van der Waals surface area contributed by atoms with E-state index in [0.717, 1.165) is 50.5 Å². The molecule has 0 aromatic heterocycles. The Balaban J connectivity index is 1.66. The topological polar surface area (TPSA) is 110 Å². The minimum absolute atomic E-state index is 0.0435. The quantitative estimate of drug-likeness (QED) is 0.532. The smallest absolute Gasteiger partial charge is 0.312 e. The van der Waals surface area contributed by atoms with Crippen LogP contribution < -0.4 is 5.73 Å². The van der Waals surface area contributed by atoms with Gasteiger partial charge in [0, 0.05) is 11.3 Å². The fraction of sp³-hybridized carbons (Fsp3) is 0.733. The van der Waals surface area contributed by atoms with Crippen molar-refractivity contribution in [2.75, 3.05) is 7.11 Å². The predicted molar refractivity (Wildman–Crippen MR) is 135 cm³/mol. The number of hydrogen-bond donors (Lipinski definition) is 1. The Bertz CT molecular complexity index is 1160. The van der Waals surface area contributed by atoms with Crippen molar-refractivity contribution in [3.05, 3.63) is 23.3 Å². The molecule has 0 saturated heterocycles. The van der Waals surface area contributed by atoms with Crippen LogP contribution in [-0.2, 0) is 19.1 Å². The molecule has 6 heteroatoms. The fourth-order valence-corrected chi connectivity index (χ4v) is 9.59. The first-order valence-electron chi connectivity index (χ1n) is 13.5. The number of ketones is 2. The summed E-state index contributed by atoms with van der Waals surface area (Å²) in [5, 5.41) is 9.76. The summed E-state index contributed by atoms with van der Waals surface area (Å²) in [5.74, 6) is -0.701. The number of Topliss-reactive ketones (excluding diaryl/α,β-unsaturated/α-hetero) is 1. The molecule has 2 N–H and O–H groups in total. The fourth-order valence-electron chi connectivity index (χ4n) is 9.59. The standard InChI is InChI=1S/C30H40N2O4/c1-26(2)11-12-30(25(35)36-6)10-7-18-23(19(30)15-26)20(33)13-22-27(18,3)9-8-21-28(22,4)14-17(16-31)24(34)29(21,5)32/h13-14,18-19,21,23H,7-12,15,32H2,1-6H3/t18?,19?,21?,23?,27-,28-,29-,30+/m0/s1. The molecule has 5 rings (SSSR count). The van der Waals surface area contributed by atoms with Gasteiger partial charge < -0.3 is 10.5 Å². The second-order valence-electron chi connectivity index (χ2n) is 13.8. The number of methoxy groups -OCH3 is 1. The normalized spacial score (nSPS) is 47.2. The van der Waals surface area contributed by atoms with Gasteiger partial charge in [0.1, 0.15) is 6.07 Å². The van der Waals surface area contributed by atoms with Crippen molar-refractivity contribution < 1.29 is 19.1 Å². The SMILES string of the molecule is COC(=O)[C@@]12CCC3C(C(=O)C=C4[C@@]5(C)C=C(C#N)C(=O)[C@@](C)(N)C5CC[C@]43C)C1CC(C)(C)CC2. The summed E-state index contributed by atoms with van der Waals surface area (Å²) in [6, 6.07) is 2.08. The number of esters is 1. The highest BCUT2D eigenvalue weighted by molar-refractivity contribution is 6.07. The number of rotatable bonds is 1. The number of carbonyl (C=O) groups is 3. The molecule has 0 aliphatic heterocycles. The monoisotopic (exact) mass is 492 g/mol. The summed E-state index contributed by atoms with van der Waals surface area (Å²) in [4.78, 5) is 40.4. The number of ether oxygens (including phenoxy) is 1. The first kappa shape index (κ1) is 25.4. The molecule has 6 nitrogen and oxygen atoms in total. The molecule has 36 heavy (non-hydrogen) atoms. The van der Waals surface area contributed by atoms with Gasteiger partial charge >= 0.3 is 5.97 Å². The summed E-state index contributed by atoms with van der Waals surface area (Å²) in [6.45, 7) is 10.6. The summed E-state index contributed by atoms with van der Waals surface area (Å²) in [5.41, 5.74) is 5.17. The zero-order valence-electron chi connectivity index (χ0n) is 22.6. The van der Waals surface area contributed by atoms with E-state index in [0.29, 0.717) is 0 Å². The van der Waals surface area contributed by atoms with Crippen LogP contribution >= 0.6 is 0 Å². The molecule has 8 atom stereocenters. The van der Waals surface area contributed by atoms with Crippen molar-refractivity contribution >= 4 is 17.5 Å². The van der Waals surface area contributed by atoms with Gasteiger partial charge in [-0.15, -0.1) is 0 Å². The summed E-state index contributed by atoms with van der Waals surface area (Å²) < 4.78 is 5.36. The summed E-state index contributed by atoms with van der Waals surface area (Å²) in [7, 11) is 1.47. The van der Waals surface area contributed by atoms with Crippen molar-refractivity contribution in [1.29, 1.82) is 5.26 Å². The number of nitrogens with two attached hydrogens (primary N) is 1. The van der Waals surface area contributed by atoms with Gasteiger partial charge in [0.15, 0.2) is 11.6 Å². The number of hydrogen-bond acceptors (Lipinski definition) is 6. The summed E-state index contributed by atoms with van der Waals surface area (Å²) >= 11 is 0. The Hall–Kier alpha value is -2.26. The lowest BCUT2D eigenvalue weighted by Gasteiger charge is -2.64. The van der Waals surface area contributed by atoms with E-state index < -0.39 is 16.4 Å². The maximum atomic E-state index is 14.1. The minimum Gasteiger partial charge on any atom is -0.469 e. The molecule has 0 spiro atoms. The van der Waals surface area contributed by atoms with Gasteiger partial charge in [-0.1, -0.05) is 39.3 Å². The highest BCUT2D eigenvalue weighted by Crippen LogP contribution is 2.69. The lowest BCUT2D eigenvalue weighted by atomic mass is 9.39. The third kappa shape index (κ3) is 3.08. The van der Waals surface area contributed by atoms with Crippen LogP contribution in [-0.4, -0.2) is 30.2 Å². The van der Waals surface area contributed by atoms with Crippen molar-refractivity contribution in [2.24, 2.45) is 51.1 Å². The summed E-state index contributed by atoms with van der Waals surface area (Å²) in [6.07, 6.45) is 9.32. The number of nitriles is 1. The van der Waals surface area contributed by atoms with Crippen molar-refractivity contribution in [2.45, 2.75) is 85.1 Å². The zero-order valence-corrected chi connectivity index (χ0v) is 22.6. The van der Waals surface area contributed by atoms with E-state index in [1.165, 1.54) is 7.11 Å². The maximum Gasteiger partial charge on any atom is 0.312 e. The van der Waals surface area contributed by atoms with E-state index in [1.54, 1.807) is 13.0 Å². The molecule has 4 unspecified atom stereocenters. The van der Waals surface area contributed by atoms with Crippen molar-refractivity contribution in [3.63, 3.8) is 0 Å². The van der Waals surface area contributed by atoms with Gasteiger partial charge in [-0.05, 0) is 86.5 Å². The van der Waals surface area contributed by atoms with Crippen LogP contribution in [0.25, 0.3) is 0 Å². The van der Waals surface area contributed by atoms with Crippen molar-refractivity contribution in [1.82, 2.24) is 0 Å². The molecular formula is C30H40N2O4. The minimum atomic E-state index is -1.16. The number of carbonyl (C=O) groups excluding carboxylic acids is 3. The number of fused-ring (bicyclic) bond motifs is 7. The molecule has 0 amide bonds. The first-order valence-corrected chi connectivity index (χ1v) is 13.5. The van der Waals surface area contributed by atoms with Crippen LogP contribution in [0.5, 0.6) is 0 Å². The lowest BCUT2D eigenvalue weighted by Crippen LogP contribution is -2.65. The van der Waals surface area contributed by atoms with E-state index in [-0.39, 0.29) is 57.6 Å². The third-order valence-electron chi connectivity index (χ3n) is 11.4. The molecule has 0 radical (unpaired) electrons. The lowest BCUT2D eigenvalue weighted by molar-refractivity contribution is -0.178. The first-order chi connectivity index (χ1) is 16.7. The number of nitrogens with zero attached hydrogens (tertiary/aromatic N) is 1. The van der Waals surface area contributed by atoms with E-state index >= 15 is 0 Å². The second-order valence-corrected chi connectivity index (χ2v) is 13.8. The average Bonchev–Trinajstić information content (AvgIpc) is 2.81. The molecule has 0 heterocycles. The Morgan fingerprint density at radius 2 is 1.75 bits per heavy atom. The van der Waals surface area contributed by atoms with Crippen LogP contribution in [0, 0.1) is 56.7 Å². The van der Waals surface area contributed by atoms with E-state index in [2.05, 4.69) is 33.8 Å². The molecule has 3 fully saturated rings. The number of allylic oxidation sites excluding steroid dienone is 3. The van der Waals surface area contributed by atoms with E-state index in [1.807, 2.05) is 6.08 Å². The molecule has 0 aromatic rings. The van der Waals surface area contributed by atoms with Crippen LogP contribution in [0.4, 0.5) is 0 Å². The average molecular weight is 493 g/mol.